The van der Waals surface area contributed by atoms with Gasteiger partial charge in [0.05, 0.1) is 18.1 Å². The number of benzene rings is 1. The number of nitrogens with zero attached hydrogens (tertiary/aromatic N) is 3. The third kappa shape index (κ3) is 4.81. The number of thiocarbonyl (C=S) groups is 1. The van der Waals surface area contributed by atoms with E-state index in [4.69, 9.17) is 17.0 Å². The van der Waals surface area contributed by atoms with E-state index in [1.165, 1.54) is 18.2 Å². The van der Waals surface area contributed by atoms with E-state index in [9.17, 15) is 9.59 Å². The molecular formula is C23H26BrN3O3S2. The van der Waals surface area contributed by atoms with Crippen LogP contribution in [0.25, 0.3) is 17.0 Å². The van der Waals surface area contributed by atoms with Gasteiger partial charge < -0.3 is 14.2 Å². The molecule has 2 saturated heterocycles. The normalized spacial score (nSPS) is 20.7. The van der Waals surface area contributed by atoms with Crippen molar-refractivity contribution < 1.29 is 14.3 Å². The first-order valence-electron chi connectivity index (χ1n) is 10.7. The largest absolute Gasteiger partial charge is 0.383 e. The summed E-state index contributed by atoms with van der Waals surface area (Å²) >= 11 is 10.2. The lowest BCUT2D eigenvalue weighted by molar-refractivity contribution is -0.135. The van der Waals surface area contributed by atoms with Crippen molar-refractivity contribution in [3.63, 3.8) is 0 Å². The molecule has 0 aliphatic carbocycles. The van der Waals surface area contributed by atoms with Crippen molar-refractivity contribution in [3.05, 3.63) is 39.3 Å². The zero-order chi connectivity index (χ0) is 22.8. The van der Waals surface area contributed by atoms with Crippen LogP contribution in [-0.2, 0) is 20.9 Å². The van der Waals surface area contributed by atoms with Crippen LogP contribution >= 0.6 is 39.9 Å². The Labute approximate surface area is 206 Å². The highest BCUT2D eigenvalue weighted by Crippen LogP contribution is 2.35. The highest BCUT2D eigenvalue weighted by atomic mass is 79.9. The summed E-state index contributed by atoms with van der Waals surface area (Å²) in [5.41, 5.74) is 1.86. The Balaban J connectivity index is 1.65. The van der Waals surface area contributed by atoms with Crippen molar-refractivity contribution >= 4 is 73.0 Å². The Hall–Kier alpha value is -1.68. The van der Waals surface area contributed by atoms with E-state index >= 15 is 0 Å². The summed E-state index contributed by atoms with van der Waals surface area (Å²) in [5, 5.41) is 0.987. The lowest BCUT2D eigenvalue weighted by atomic mass is 10.0. The predicted molar refractivity (Wildman–Crippen MR) is 136 cm³/mol. The molecule has 4 rings (SSSR count). The number of aromatic nitrogens is 1. The number of methoxy groups -OCH3 is 1. The van der Waals surface area contributed by atoms with Gasteiger partial charge in [-0.2, -0.15) is 0 Å². The molecule has 3 heterocycles. The third-order valence-corrected chi connectivity index (χ3v) is 7.85. The summed E-state index contributed by atoms with van der Waals surface area (Å²) in [4.78, 5) is 30.1. The molecular weight excluding hydrogens is 510 g/mol. The SMILES string of the molecule is COCCN1C(=O)/C(=C/c2cn(CC(=O)N3CCCC[C@H]3C)c3ccc(Br)cc23)SC1=S. The molecule has 0 spiro atoms. The standard InChI is InChI=1S/C23H26BrN3O3S2/c1-15-5-3-4-8-26(15)21(28)14-25-13-16(18-12-17(24)6-7-19(18)25)11-20-22(29)27(9-10-30-2)23(31)32-20/h6-7,11-13,15H,3-5,8-10,14H2,1-2H3/b20-11-/t15-/m1/s1. The minimum atomic E-state index is -0.105. The molecule has 2 aliphatic rings. The number of hydrogen-bond acceptors (Lipinski definition) is 5. The Morgan fingerprint density at radius 3 is 2.94 bits per heavy atom. The second-order valence-corrected chi connectivity index (χ2v) is 10.7. The predicted octanol–water partition coefficient (Wildman–Crippen LogP) is 4.65. The number of hydrogen-bond donors (Lipinski definition) is 0. The molecule has 1 aromatic carbocycles. The molecule has 2 amide bonds. The minimum absolute atomic E-state index is 0.105. The van der Waals surface area contributed by atoms with Crippen molar-refractivity contribution in [2.24, 2.45) is 0 Å². The van der Waals surface area contributed by atoms with Gasteiger partial charge in [0, 0.05) is 46.8 Å². The highest BCUT2D eigenvalue weighted by molar-refractivity contribution is 9.10. The van der Waals surface area contributed by atoms with Crippen molar-refractivity contribution in [2.45, 2.75) is 38.8 Å². The van der Waals surface area contributed by atoms with Crippen LogP contribution in [0.3, 0.4) is 0 Å². The molecule has 0 radical (unpaired) electrons. The number of thioether (sulfide) groups is 1. The first-order valence-corrected chi connectivity index (χ1v) is 12.7. The summed E-state index contributed by atoms with van der Waals surface area (Å²) in [7, 11) is 1.60. The van der Waals surface area contributed by atoms with E-state index in [0.717, 1.165) is 40.3 Å². The Morgan fingerprint density at radius 2 is 2.19 bits per heavy atom. The molecule has 170 valence electrons. The van der Waals surface area contributed by atoms with Gasteiger partial charge in [0.25, 0.3) is 5.91 Å². The zero-order valence-corrected chi connectivity index (χ0v) is 21.4. The van der Waals surface area contributed by atoms with Gasteiger partial charge >= 0.3 is 0 Å². The maximum atomic E-state index is 13.1. The smallest absolute Gasteiger partial charge is 0.266 e. The van der Waals surface area contributed by atoms with Gasteiger partial charge in [0.2, 0.25) is 5.91 Å². The summed E-state index contributed by atoms with van der Waals surface area (Å²) in [6.45, 7) is 4.10. The second-order valence-electron chi connectivity index (χ2n) is 8.13. The number of fused-ring (bicyclic) bond motifs is 1. The Morgan fingerprint density at radius 1 is 1.38 bits per heavy atom. The lowest BCUT2D eigenvalue weighted by Gasteiger charge is -2.33. The van der Waals surface area contributed by atoms with Gasteiger partial charge in [-0.05, 0) is 50.5 Å². The van der Waals surface area contributed by atoms with Gasteiger partial charge in [-0.15, -0.1) is 0 Å². The van der Waals surface area contributed by atoms with E-state index in [1.807, 2.05) is 39.9 Å². The topological polar surface area (TPSA) is 54.8 Å². The maximum absolute atomic E-state index is 13.1. The van der Waals surface area contributed by atoms with Crippen LogP contribution in [0, 0.1) is 0 Å². The zero-order valence-electron chi connectivity index (χ0n) is 18.2. The van der Waals surface area contributed by atoms with Crippen LogP contribution < -0.4 is 0 Å². The van der Waals surface area contributed by atoms with Gasteiger partial charge in [-0.3, -0.25) is 14.5 Å². The fourth-order valence-electron chi connectivity index (χ4n) is 4.26. The minimum Gasteiger partial charge on any atom is -0.383 e. The van der Waals surface area contributed by atoms with Crippen molar-refractivity contribution in [3.8, 4) is 0 Å². The summed E-state index contributed by atoms with van der Waals surface area (Å²) in [6, 6.07) is 6.28. The number of amides is 2. The lowest BCUT2D eigenvalue weighted by Crippen LogP contribution is -2.43. The van der Waals surface area contributed by atoms with Crippen molar-refractivity contribution in [1.29, 1.82) is 0 Å². The molecule has 2 aliphatic heterocycles. The molecule has 0 saturated carbocycles. The van der Waals surface area contributed by atoms with E-state index in [1.54, 1.807) is 12.0 Å². The van der Waals surface area contributed by atoms with E-state index in [-0.39, 0.29) is 24.4 Å². The number of halogens is 1. The van der Waals surface area contributed by atoms with Crippen LogP contribution in [0.2, 0.25) is 0 Å². The fourth-order valence-corrected chi connectivity index (χ4v) is 5.93. The van der Waals surface area contributed by atoms with Gasteiger partial charge in [0.15, 0.2) is 0 Å². The van der Waals surface area contributed by atoms with Crippen LogP contribution in [0.15, 0.2) is 33.8 Å². The van der Waals surface area contributed by atoms with E-state index in [2.05, 4.69) is 22.9 Å². The van der Waals surface area contributed by atoms with E-state index < -0.39 is 0 Å². The average molecular weight is 537 g/mol. The number of carbonyl (C=O) groups is 2. The summed E-state index contributed by atoms with van der Waals surface area (Å²) in [6.07, 6.45) is 7.14. The second kappa shape index (κ2) is 10.1. The molecule has 9 heteroatoms. The summed E-state index contributed by atoms with van der Waals surface area (Å²) < 4.78 is 8.57. The number of carbonyl (C=O) groups excluding carboxylic acids is 2. The van der Waals surface area contributed by atoms with Crippen LogP contribution in [0.5, 0.6) is 0 Å². The molecule has 1 atom stereocenters. The van der Waals surface area contributed by atoms with Gasteiger partial charge in [-0.1, -0.05) is 39.9 Å². The average Bonchev–Trinajstić information content (AvgIpc) is 3.23. The molecule has 0 N–H and O–H groups in total. The molecule has 32 heavy (non-hydrogen) atoms. The highest BCUT2D eigenvalue weighted by Gasteiger charge is 2.32. The van der Waals surface area contributed by atoms with Crippen molar-refractivity contribution in [2.75, 3.05) is 26.8 Å². The van der Waals surface area contributed by atoms with E-state index in [0.29, 0.717) is 22.4 Å². The summed E-state index contributed by atoms with van der Waals surface area (Å²) in [5.74, 6) is 0.0284. The quantitative estimate of drug-likeness (QED) is 0.398. The maximum Gasteiger partial charge on any atom is 0.266 e. The van der Waals surface area contributed by atoms with Crippen LogP contribution in [0.1, 0.15) is 31.7 Å². The van der Waals surface area contributed by atoms with Gasteiger partial charge in [-0.25, -0.2) is 0 Å². The Bertz CT molecular complexity index is 1100. The molecule has 1 aromatic heterocycles. The molecule has 2 aromatic rings. The molecule has 0 bridgehead atoms. The molecule has 6 nitrogen and oxygen atoms in total. The van der Waals surface area contributed by atoms with Crippen LogP contribution in [-0.4, -0.2) is 63.3 Å². The number of ether oxygens (including phenoxy) is 1. The number of piperidine rings is 1. The first-order chi connectivity index (χ1) is 15.4. The fraction of sp³-hybridized carbons (Fsp3) is 0.435. The third-order valence-electron chi connectivity index (χ3n) is 5.98. The first kappa shape index (κ1) is 23.5. The number of likely N-dealkylation sites (tertiary alicyclic amines) is 1. The monoisotopic (exact) mass is 535 g/mol. The van der Waals surface area contributed by atoms with Crippen LogP contribution in [0.4, 0.5) is 0 Å². The van der Waals surface area contributed by atoms with Gasteiger partial charge in [0.1, 0.15) is 10.9 Å². The molecule has 2 fully saturated rings. The Kier molecular flexibility index (Phi) is 7.39. The van der Waals surface area contributed by atoms with Crippen molar-refractivity contribution in [1.82, 2.24) is 14.4 Å². The number of rotatable bonds is 6. The molecule has 0 unspecified atom stereocenters.